The molecule has 0 atom stereocenters. The molecule has 0 aliphatic heterocycles. The zero-order chi connectivity index (χ0) is 15.3. The molecule has 1 rings (SSSR count). The standard InChI is InChI=1S/C13H25ClN6/c1-9(2)20(10(3)4)8-7-15-12-16-11(14)17-13(18-12)19(5)6/h9-10H,7-8H2,1-6H3,(H,15,16,17,18). The van der Waals surface area contributed by atoms with Crippen molar-refractivity contribution in [1.82, 2.24) is 19.9 Å². The first-order chi connectivity index (χ1) is 9.31. The van der Waals surface area contributed by atoms with Crippen LogP contribution in [0.15, 0.2) is 0 Å². The Balaban J connectivity index is 2.61. The van der Waals surface area contributed by atoms with E-state index >= 15 is 0 Å². The summed E-state index contributed by atoms with van der Waals surface area (Å²) in [6, 6.07) is 1.02. The third-order valence-electron chi connectivity index (χ3n) is 2.98. The lowest BCUT2D eigenvalue weighted by atomic mass is 10.2. The summed E-state index contributed by atoms with van der Waals surface area (Å²) in [6.45, 7) is 10.5. The lowest BCUT2D eigenvalue weighted by molar-refractivity contribution is 0.182. The maximum atomic E-state index is 5.90. The summed E-state index contributed by atoms with van der Waals surface area (Å²) >= 11 is 5.90. The quantitative estimate of drug-likeness (QED) is 0.832. The van der Waals surface area contributed by atoms with Gasteiger partial charge in [-0.05, 0) is 39.3 Å². The van der Waals surface area contributed by atoms with Crippen LogP contribution in [0.1, 0.15) is 27.7 Å². The van der Waals surface area contributed by atoms with Crippen LogP contribution >= 0.6 is 11.6 Å². The molecule has 7 heteroatoms. The molecule has 0 aliphatic carbocycles. The van der Waals surface area contributed by atoms with Crippen LogP contribution in [0.2, 0.25) is 5.28 Å². The minimum absolute atomic E-state index is 0.204. The van der Waals surface area contributed by atoms with Crippen molar-refractivity contribution in [1.29, 1.82) is 0 Å². The van der Waals surface area contributed by atoms with Crippen molar-refractivity contribution < 1.29 is 0 Å². The molecular formula is C13H25ClN6. The average molecular weight is 301 g/mol. The van der Waals surface area contributed by atoms with E-state index in [0.29, 0.717) is 24.0 Å². The molecule has 0 amide bonds. The zero-order valence-corrected chi connectivity index (χ0v) is 13.9. The summed E-state index contributed by atoms with van der Waals surface area (Å²) in [5.41, 5.74) is 0. The van der Waals surface area contributed by atoms with E-state index in [0.717, 1.165) is 13.1 Å². The Hall–Kier alpha value is -1.14. The monoisotopic (exact) mass is 300 g/mol. The summed E-state index contributed by atoms with van der Waals surface area (Å²) in [5.74, 6) is 1.07. The summed E-state index contributed by atoms with van der Waals surface area (Å²) < 4.78 is 0. The minimum atomic E-state index is 0.204. The molecule has 0 unspecified atom stereocenters. The van der Waals surface area contributed by atoms with Gasteiger partial charge in [-0.15, -0.1) is 0 Å². The number of hydrogen-bond acceptors (Lipinski definition) is 6. The Kier molecular flexibility index (Phi) is 6.42. The van der Waals surface area contributed by atoms with Gasteiger partial charge in [-0.2, -0.15) is 15.0 Å². The Morgan fingerprint density at radius 1 is 1.05 bits per heavy atom. The lowest BCUT2D eigenvalue weighted by Gasteiger charge is -2.30. The highest BCUT2D eigenvalue weighted by Gasteiger charge is 2.13. The first-order valence-electron chi connectivity index (χ1n) is 6.89. The Morgan fingerprint density at radius 3 is 2.15 bits per heavy atom. The van der Waals surface area contributed by atoms with E-state index in [9.17, 15) is 0 Å². The van der Waals surface area contributed by atoms with E-state index in [1.807, 2.05) is 14.1 Å². The smallest absolute Gasteiger partial charge is 0.230 e. The van der Waals surface area contributed by atoms with Crippen LogP contribution in [0.25, 0.3) is 0 Å². The SMILES string of the molecule is CC(C)N(CCNc1nc(Cl)nc(N(C)C)n1)C(C)C. The number of nitrogens with zero attached hydrogens (tertiary/aromatic N) is 5. The number of nitrogens with one attached hydrogen (secondary N) is 1. The van der Waals surface area contributed by atoms with Gasteiger partial charge in [0.25, 0.3) is 0 Å². The molecule has 0 saturated heterocycles. The molecule has 114 valence electrons. The summed E-state index contributed by atoms with van der Waals surface area (Å²) in [6.07, 6.45) is 0. The van der Waals surface area contributed by atoms with E-state index in [4.69, 9.17) is 11.6 Å². The zero-order valence-electron chi connectivity index (χ0n) is 13.2. The van der Waals surface area contributed by atoms with Crippen LogP contribution in [-0.2, 0) is 0 Å². The second-order valence-electron chi connectivity index (χ2n) is 5.47. The van der Waals surface area contributed by atoms with Crippen molar-refractivity contribution in [2.24, 2.45) is 0 Å². The average Bonchev–Trinajstić information content (AvgIpc) is 2.32. The van der Waals surface area contributed by atoms with E-state index < -0.39 is 0 Å². The van der Waals surface area contributed by atoms with Gasteiger partial charge in [0.05, 0.1) is 0 Å². The summed E-state index contributed by atoms with van der Waals surface area (Å²) in [7, 11) is 3.74. The normalized spacial score (nSPS) is 11.5. The Morgan fingerprint density at radius 2 is 1.65 bits per heavy atom. The second-order valence-corrected chi connectivity index (χ2v) is 5.81. The van der Waals surface area contributed by atoms with Gasteiger partial charge in [0.1, 0.15) is 0 Å². The van der Waals surface area contributed by atoms with Crippen LogP contribution in [0.3, 0.4) is 0 Å². The first-order valence-corrected chi connectivity index (χ1v) is 7.27. The van der Waals surface area contributed by atoms with Crippen molar-refractivity contribution in [3.63, 3.8) is 0 Å². The largest absolute Gasteiger partial charge is 0.353 e. The fourth-order valence-corrected chi connectivity index (χ4v) is 2.18. The minimum Gasteiger partial charge on any atom is -0.353 e. The molecule has 1 heterocycles. The highest BCUT2D eigenvalue weighted by atomic mass is 35.5. The molecule has 0 spiro atoms. The fraction of sp³-hybridized carbons (Fsp3) is 0.769. The predicted molar refractivity (Wildman–Crippen MR) is 84.6 cm³/mol. The van der Waals surface area contributed by atoms with Crippen LogP contribution in [0.4, 0.5) is 11.9 Å². The van der Waals surface area contributed by atoms with E-state index in [1.165, 1.54) is 0 Å². The van der Waals surface area contributed by atoms with E-state index in [-0.39, 0.29) is 5.28 Å². The molecule has 6 nitrogen and oxygen atoms in total. The molecule has 20 heavy (non-hydrogen) atoms. The number of anilines is 2. The van der Waals surface area contributed by atoms with Gasteiger partial charge in [-0.1, -0.05) is 0 Å². The molecule has 1 aromatic rings. The number of aromatic nitrogens is 3. The highest BCUT2D eigenvalue weighted by molar-refractivity contribution is 6.28. The van der Waals surface area contributed by atoms with Gasteiger partial charge >= 0.3 is 0 Å². The lowest BCUT2D eigenvalue weighted by Crippen LogP contribution is -2.40. The second kappa shape index (κ2) is 7.59. The van der Waals surface area contributed by atoms with E-state index in [1.54, 1.807) is 4.90 Å². The molecule has 0 bridgehead atoms. The van der Waals surface area contributed by atoms with Crippen LogP contribution < -0.4 is 10.2 Å². The Labute approximate surface area is 126 Å². The van der Waals surface area contributed by atoms with Crippen molar-refractivity contribution in [3.8, 4) is 0 Å². The van der Waals surface area contributed by atoms with E-state index in [2.05, 4.69) is 52.9 Å². The first kappa shape index (κ1) is 16.9. The molecule has 0 radical (unpaired) electrons. The highest BCUT2D eigenvalue weighted by Crippen LogP contribution is 2.11. The van der Waals surface area contributed by atoms with Crippen molar-refractivity contribution in [2.75, 3.05) is 37.4 Å². The number of hydrogen-bond donors (Lipinski definition) is 1. The van der Waals surface area contributed by atoms with Crippen molar-refractivity contribution in [3.05, 3.63) is 5.28 Å². The van der Waals surface area contributed by atoms with Gasteiger partial charge in [0.2, 0.25) is 17.2 Å². The molecule has 0 aromatic carbocycles. The predicted octanol–water partition coefficient (Wildman–Crippen LogP) is 2.12. The van der Waals surface area contributed by atoms with Crippen molar-refractivity contribution >= 4 is 23.5 Å². The van der Waals surface area contributed by atoms with Crippen LogP contribution in [0, 0.1) is 0 Å². The third-order valence-corrected chi connectivity index (χ3v) is 3.15. The molecule has 0 saturated carbocycles. The Bertz CT molecular complexity index is 413. The molecule has 0 aliphatic rings. The fourth-order valence-electron chi connectivity index (χ4n) is 2.03. The topological polar surface area (TPSA) is 57.2 Å². The summed E-state index contributed by atoms with van der Waals surface area (Å²) in [4.78, 5) is 16.7. The third kappa shape index (κ3) is 5.09. The number of halogens is 1. The van der Waals surface area contributed by atoms with Crippen LogP contribution in [0.5, 0.6) is 0 Å². The molecule has 1 N–H and O–H groups in total. The molecular weight excluding hydrogens is 276 g/mol. The van der Waals surface area contributed by atoms with Gasteiger partial charge in [0, 0.05) is 39.3 Å². The van der Waals surface area contributed by atoms with Gasteiger partial charge in [-0.3, -0.25) is 4.90 Å². The summed E-state index contributed by atoms with van der Waals surface area (Å²) in [5, 5.41) is 3.41. The van der Waals surface area contributed by atoms with Gasteiger partial charge < -0.3 is 10.2 Å². The number of rotatable bonds is 7. The van der Waals surface area contributed by atoms with Crippen LogP contribution in [-0.4, -0.2) is 59.1 Å². The van der Waals surface area contributed by atoms with Gasteiger partial charge in [0.15, 0.2) is 0 Å². The van der Waals surface area contributed by atoms with Gasteiger partial charge in [-0.25, -0.2) is 0 Å². The maximum absolute atomic E-state index is 5.90. The molecule has 0 fully saturated rings. The van der Waals surface area contributed by atoms with Crippen molar-refractivity contribution in [2.45, 2.75) is 39.8 Å². The maximum Gasteiger partial charge on any atom is 0.230 e. The molecule has 1 aromatic heterocycles.